The average Bonchev–Trinajstić information content (AvgIpc) is 2.53. The molecule has 2 aromatic carbocycles. The summed E-state index contributed by atoms with van der Waals surface area (Å²) in [4.78, 5) is -2.10. The molecule has 0 unspecified atom stereocenters. The first kappa shape index (κ1) is 21.9. The number of aromatic hydroxyl groups is 1. The topological polar surface area (TPSA) is 89.8 Å². The number of hydrogen-bond acceptors (Lipinski definition) is 4. The van der Waals surface area contributed by atoms with E-state index < -0.39 is 49.8 Å². The molecule has 1 N–H and O–H groups in total. The van der Waals surface area contributed by atoms with E-state index in [2.05, 4.69) is 4.40 Å². The molecule has 2 aromatic rings. The van der Waals surface area contributed by atoms with Gasteiger partial charge in [0.05, 0.1) is 0 Å². The summed E-state index contributed by atoms with van der Waals surface area (Å²) in [5.74, 6) is -12.8. The summed E-state index contributed by atoms with van der Waals surface area (Å²) in [6, 6.07) is 2.97. The fourth-order valence-corrected chi connectivity index (χ4v) is 5.17. The van der Waals surface area contributed by atoms with Crippen molar-refractivity contribution >= 4 is 83.7 Å². The van der Waals surface area contributed by atoms with Gasteiger partial charge in [-0.15, -0.1) is 0 Å². The standard InChI is InChI=1S/C13H4F4I3NO4S/c14-6-8(16)12(9(17)7(15)11(6)22)26(24,25)21-13(23)4-1-3(18)2-5(19)10(4)20/h1-2,22H,(H,21,23)/p-1. The smallest absolute Gasteiger partial charge is 0.287 e. The first-order chi connectivity index (χ1) is 11.9. The number of halogens is 7. The number of phenolic OH excluding ortho intramolecular Hbond substituents is 1. The van der Waals surface area contributed by atoms with Crippen LogP contribution >= 0.6 is 67.8 Å². The highest BCUT2D eigenvalue weighted by molar-refractivity contribution is 14.1. The van der Waals surface area contributed by atoms with Gasteiger partial charge in [0, 0.05) is 22.2 Å². The lowest BCUT2D eigenvalue weighted by Gasteiger charge is -2.15. The molecule has 0 fully saturated rings. The van der Waals surface area contributed by atoms with E-state index in [0.29, 0.717) is 10.7 Å². The highest BCUT2D eigenvalue weighted by atomic mass is 127. The van der Waals surface area contributed by atoms with Gasteiger partial charge in [0.25, 0.3) is 10.0 Å². The summed E-state index contributed by atoms with van der Waals surface area (Å²) in [6.45, 7) is 0. The third-order valence-corrected chi connectivity index (χ3v) is 7.83. The number of hydrogen-bond donors (Lipinski definition) is 1. The number of rotatable bonds is 3. The Balaban J connectivity index is 2.73. The second-order valence-electron chi connectivity index (χ2n) is 4.55. The Bertz CT molecular complexity index is 1030. The van der Waals surface area contributed by atoms with Crippen LogP contribution in [0.25, 0.3) is 0 Å². The second-order valence-corrected chi connectivity index (χ2v) is 9.58. The van der Waals surface area contributed by atoms with Crippen molar-refractivity contribution in [1.82, 2.24) is 0 Å². The maximum absolute atomic E-state index is 13.8. The highest BCUT2D eigenvalue weighted by Crippen LogP contribution is 2.32. The molecule has 0 heterocycles. The summed E-state index contributed by atoms with van der Waals surface area (Å²) < 4.78 is 82.6. The Morgan fingerprint density at radius 3 is 2.00 bits per heavy atom. The van der Waals surface area contributed by atoms with Crippen molar-refractivity contribution in [3.05, 3.63) is 51.7 Å². The molecule has 140 valence electrons. The third-order valence-electron chi connectivity index (χ3n) is 2.88. The Hall–Kier alpha value is -0.430. The van der Waals surface area contributed by atoms with E-state index in [4.69, 9.17) is 5.11 Å². The van der Waals surface area contributed by atoms with Crippen LogP contribution < -0.4 is 5.11 Å². The summed E-state index contributed by atoms with van der Waals surface area (Å²) >= 11 is 5.48. The van der Waals surface area contributed by atoms with Gasteiger partial charge in [0.15, 0.2) is 22.3 Å². The van der Waals surface area contributed by atoms with Crippen LogP contribution in [0.2, 0.25) is 0 Å². The van der Waals surface area contributed by atoms with Crippen LogP contribution in [0.15, 0.2) is 21.4 Å². The molecule has 0 aliphatic rings. The molecule has 0 saturated heterocycles. The van der Waals surface area contributed by atoms with Gasteiger partial charge in [0.2, 0.25) is 11.6 Å². The molecule has 13 heteroatoms. The predicted molar refractivity (Wildman–Crippen MR) is 106 cm³/mol. The monoisotopic (exact) mass is 726 g/mol. The van der Waals surface area contributed by atoms with Gasteiger partial charge in [-0.1, -0.05) is 0 Å². The van der Waals surface area contributed by atoms with Crippen LogP contribution in [-0.2, 0) is 10.0 Å². The van der Waals surface area contributed by atoms with Crippen molar-refractivity contribution < 1.29 is 36.2 Å². The van der Waals surface area contributed by atoms with Gasteiger partial charge in [-0.2, -0.15) is 21.6 Å². The maximum atomic E-state index is 13.8. The van der Waals surface area contributed by atoms with Gasteiger partial charge in [0.1, 0.15) is 0 Å². The van der Waals surface area contributed by atoms with Crippen LogP contribution in [0.4, 0.5) is 17.6 Å². The zero-order valence-corrected chi connectivity index (χ0v) is 19.1. The molecule has 0 bridgehead atoms. The summed E-state index contributed by atoms with van der Waals surface area (Å²) in [5.41, 5.74) is -0.175. The zero-order chi connectivity index (χ0) is 20.0. The molecule has 0 saturated carbocycles. The van der Waals surface area contributed by atoms with Crippen molar-refractivity contribution in [2.24, 2.45) is 4.40 Å². The first-order valence-corrected chi connectivity index (χ1v) is 10.8. The Labute approximate surface area is 185 Å². The van der Waals surface area contributed by atoms with Crippen LogP contribution in [0.3, 0.4) is 0 Å². The van der Waals surface area contributed by atoms with E-state index in [0.717, 1.165) is 0 Å². The van der Waals surface area contributed by atoms with E-state index in [-0.39, 0.29) is 5.56 Å². The van der Waals surface area contributed by atoms with Crippen LogP contribution in [0, 0.1) is 34.0 Å². The summed E-state index contributed by atoms with van der Waals surface area (Å²) in [7, 11) is -5.45. The Morgan fingerprint density at radius 2 is 1.50 bits per heavy atom. The molecule has 0 radical (unpaired) electrons. The minimum absolute atomic E-state index is 0.175. The number of benzene rings is 2. The van der Waals surface area contributed by atoms with Crippen molar-refractivity contribution in [1.29, 1.82) is 0 Å². The summed E-state index contributed by atoms with van der Waals surface area (Å²) in [5, 5.41) is 21.1. The molecular weight excluding hydrogens is 723 g/mol. The molecule has 0 aliphatic carbocycles. The second kappa shape index (κ2) is 7.90. The molecule has 0 atom stereocenters. The minimum atomic E-state index is -5.45. The van der Waals surface area contributed by atoms with Crippen molar-refractivity contribution in [2.75, 3.05) is 0 Å². The quantitative estimate of drug-likeness (QED) is 0.173. The van der Waals surface area contributed by atoms with Crippen LogP contribution in [0.5, 0.6) is 5.75 Å². The van der Waals surface area contributed by atoms with Gasteiger partial charge < -0.3 is 10.2 Å². The van der Waals surface area contributed by atoms with Gasteiger partial charge in [-0.25, -0.2) is 8.78 Å². The molecule has 0 aromatic heterocycles. The molecule has 2 rings (SSSR count). The fourth-order valence-electron chi connectivity index (χ4n) is 1.74. The van der Waals surface area contributed by atoms with E-state index in [1.165, 1.54) is 6.07 Å². The van der Waals surface area contributed by atoms with Crippen LogP contribution in [-0.4, -0.2) is 19.4 Å². The molecule has 26 heavy (non-hydrogen) atoms. The van der Waals surface area contributed by atoms with E-state index in [1.807, 2.05) is 45.2 Å². The van der Waals surface area contributed by atoms with Gasteiger partial charge >= 0.3 is 0 Å². The molecule has 5 nitrogen and oxygen atoms in total. The third kappa shape index (κ3) is 4.03. The van der Waals surface area contributed by atoms with Crippen molar-refractivity contribution in [2.45, 2.75) is 4.90 Å². The maximum Gasteiger partial charge on any atom is 0.287 e. The zero-order valence-electron chi connectivity index (χ0n) is 11.8. The summed E-state index contributed by atoms with van der Waals surface area (Å²) in [6.07, 6.45) is 0. The lowest BCUT2D eigenvalue weighted by molar-refractivity contribution is -0.212. The number of sulfonamides is 1. The molecule has 0 amide bonds. The average molecular weight is 726 g/mol. The normalized spacial score (nSPS) is 12.5. The lowest BCUT2D eigenvalue weighted by atomic mass is 10.2. The van der Waals surface area contributed by atoms with Gasteiger partial charge in [-0.3, -0.25) is 0 Å². The SMILES string of the molecule is O=S(=O)(/N=C(\[O-])c1cc(I)cc(I)c1I)c1c(F)c(F)c(O)c(F)c1F. The Kier molecular flexibility index (Phi) is 6.64. The van der Waals surface area contributed by atoms with Crippen molar-refractivity contribution in [3.63, 3.8) is 0 Å². The minimum Gasteiger partial charge on any atom is -0.858 e. The largest absolute Gasteiger partial charge is 0.858 e. The Morgan fingerprint density at radius 1 is 1.00 bits per heavy atom. The number of phenols is 1. The molecule has 0 spiro atoms. The fraction of sp³-hybridized carbons (Fsp3) is 0. The molecular formula is C13H3F4I3NO4S-. The highest BCUT2D eigenvalue weighted by Gasteiger charge is 2.33. The van der Waals surface area contributed by atoms with Crippen molar-refractivity contribution in [3.8, 4) is 5.75 Å². The van der Waals surface area contributed by atoms with E-state index in [9.17, 15) is 31.1 Å². The lowest BCUT2D eigenvalue weighted by Crippen LogP contribution is -2.23. The molecule has 0 aliphatic heterocycles. The number of nitrogens with zero attached hydrogens (tertiary/aromatic N) is 1. The van der Waals surface area contributed by atoms with E-state index in [1.54, 1.807) is 28.7 Å². The predicted octanol–water partition coefficient (Wildman–Crippen LogP) is 3.26. The van der Waals surface area contributed by atoms with E-state index >= 15 is 0 Å². The first-order valence-electron chi connectivity index (χ1n) is 6.10. The van der Waals surface area contributed by atoms with Gasteiger partial charge in [-0.05, 0) is 79.9 Å². The van der Waals surface area contributed by atoms with Crippen LogP contribution in [0.1, 0.15) is 5.56 Å².